The van der Waals surface area contributed by atoms with Gasteiger partial charge in [0.15, 0.2) is 0 Å². The van der Waals surface area contributed by atoms with Crippen molar-refractivity contribution < 1.29 is 4.52 Å². The molecule has 2 aromatic rings. The number of nitrogens with one attached hydrogen (secondary N) is 1. The van der Waals surface area contributed by atoms with Crippen molar-refractivity contribution in [2.24, 2.45) is 0 Å². The molecule has 0 radical (unpaired) electrons. The molecule has 0 aliphatic heterocycles. The molecule has 1 aliphatic carbocycles. The molecule has 1 N–H and O–H groups in total. The van der Waals surface area contributed by atoms with E-state index >= 15 is 0 Å². The predicted octanol–water partition coefficient (Wildman–Crippen LogP) is 3.53. The zero-order valence-corrected chi connectivity index (χ0v) is 13.6. The van der Waals surface area contributed by atoms with Crippen LogP contribution in [0.25, 0.3) is 11.5 Å². The van der Waals surface area contributed by atoms with Gasteiger partial charge in [-0.3, -0.25) is 4.98 Å². The summed E-state index contributed by atoms with van der Waals surface area (Å²) in [6.07, 6.45) is 6.30. The van der Waals surface area contributed by atoms with Gasteiger partial charge in [-0.25, -0.2) is 0 Å². The van der Waals surface area contributed by atoms with Crippen LogP contribution >= 0.6 is 15.9 Å². The number of rotatable bonds is 4. The van der Waals surface area contributed by atoms with Crippen molar-refractivity contribution >= 4 is 15.9 Å². The summed E-state index contributed by atoms with van der Waals surface area (Å²) in [6, 6.07) is 4.46. The zero-order valence-electron chi connectivity index (χ0n) is 12.1. The summed E-state index contributed by atoms with van der Waals surface area (Å²) in [5, 5.41) is 7.58. The quantitative estimate of drug-likeness (QED) is 0.913. The maximum atomic E-state index is 5.45. The molecule has 0 spiro atoms. The van der Waals surface area contributed by atoms with E-state index in [1.165, 1.54) is 12.8 Å². The Morgan fingerprint density at radius 2 is 2.10 bits per heavy atom. The molecule has 21 heavy (non-hydrogen) atoms. The summed E-state index contributed by atoms with van der Waals surface area (Å²) >= 11 is 3.37. The van der Waals surface area contributed by atoms with Gasteiger partial charge in [-0.05, 0) is 60.3 Å². The van der Waals surface area contributed by atoms with Crippen molar-refractivity contribution in [1.29, 1.82) is 0 Å². The molecule has 0 bridgehead atoms. The van der Waals surface area contributed by atoms with Crippen molar-refractivity contribution in [3.05, 3.63) is 28.7 Å². The molecular formula is C15H19BrN4O. The minimum absolute atomic E-state index is 0.386. The predicted molar refractivity (Wildman–Crippen MR) is 83.9 cm³/mol. The van der Waals surface area contributed by atoms with Crippen LogP contribution in [-0.4, -0.2) is 27.7 Å². The lowest BCUT2D eigenvalue weighted by Crippen LogP contribution is -2.32. The monoisotopic (exact) mass is 350 g/mol. The van der Waals surface area contributed by atoms with E-state index in [9.17, 15) is 0 Å². The molecule has 0 aromatic carbocycles. The van der Waals surface area contributed by atoms with Crippen LogP contribution in [0.4, 0.5) is 0 Å². The van der Waals surface area contributed by atoms with E-state index in [4.69, 9.17) is 4.52 Å². The topological polar surface area (TPSA) is 63.8 Å². The highest BCUT2D eigenvalue weighted by molar-refractivity contribution is 9.10. The summed E-state index contributed by atoms with van der Waals surface area (Å²) in [5.74, 6) is 1.72. The Kier molecular flexibility index (Phi) is 4.65. The van der Waals surface area contributed by atoms with E-state index in [2.05, 4.69) is 43.3 Å². The number of aromatic nitrogens is 3. The van der Waals surface area contributed by atoms with Crippen molar-refractivity contribution in [1.82, 2.24) is 20.4 Å². The summed E-state index contributed by atoms with van der Waals surface area (Å²) in [6.45, 7) is 3.19. The second-order valence-corrected chi connectivity index (χ2v) is 6.34. The Hall–Kier alpha value is -1.27. The third-order valence-corrected chi connectivity index (χ3v) is 4.44. The highest BCUT2D eigenvalue weighted by atomic mass is 79.9. The normalized spacial score (nSPS) is 22.4. The number of halogens is 1. The van der Waals surface area contributed by atoms with Crippen molar-refractivity contribution in [3.8, 4) is 11.5 Å². The standard InChI is InChI=1S/C15H19BrN4O/c1-2-17-12-6-3-10(4-7-12)15-19-14(20-21-15)13-8-5-11(16)9-18-13/h5,8-10,12,17H,2-4,6-7H2,1H3. The van der Waals surface area contributed by atoms with Crippen LogP contribution in [0.1, 0.15) is 44.4 Å². The molecule has 0 amide bonds. The minimum Gasteiger partial charge on any atom is -0.339 e. The van der Waals surface area contributed by atoms with Gasteiger partial charge >= 0.3 is 0 Å². The highest BCUT2D eigenvalue weighted by Crippen LogP contribution is 2.32. The average molecular weight is 351 g/mol. The smallest absolute Gasteiger partial charge is 0.230 e. The number of hydrogen-bond acceptors (Lipinski definition) is 5. The zero-order chi connectivity index (χ0) is 14.7. The molecule has 1 fully saturated rings. The Labute approximate surface area is 132 Å². The van der Waals surface area contributed by atoms with E-state index in [1.807, 2.05) is 12.1 Å². The van der Waals surface area contributed by atoms with Crippen molar-refractivity contribution in [2.45, 2.75) is 44.6 Å². The SMILES string of the molecule is CCNC1CCC(c2nc(-c3ccc(Br)cn3)no2)CC1. The van der Waals surface area contributed by atoms with Crippen LogP contribution in [0.2, 0.25) is 0 Å². The second-order valence-electron chi connectivity index (χ2n) is 5.42. The number of nitrogens with zero attached hydrogens (tertiary/aromatic N) is 3. The van der Waals surface area contributed by atoms with Gasteiger partial charge in [-0.15, -0.1) is 0 Å². The fourth-order valence-electron chi connectivity index (χ4n) is 2.85. The molecule has 0 atom stereocenters. The van der Waals surface area contributed by atoms with Crippen LogP contribution in [-0.2, 0) is 0 Å². The second kappa shape index (κ2) is 6.66. The first-order valence-corrected chi connectivity index (χ1v) is 8.24. The molecule has 1 saturated carbocycles. The van der Waals surface area contributed by atoms with Crippen molar-refractivity contribution in [3.63, 3.8) is 0 Å². The molecular weight excluding hydrogens is 332 g/mol. The third kappa shape index (κ3) is 3.49. The molecule has 3 rings (SSSR count). The van der Waals surface area contributed by atoms with E-state index in [0.29, 0.717) is 17.8 Å². The first-order valence-electron chi connectivity index (χ1n) is 7.45. The fraction of sp³-hybridized carbons (Fsp3) is 0.533. The molecule has 0 saturated heterocycles. The molecule has 2 heterocycles. The summed E-state index contributed by atoms with van der Waals surface area (Å²) in [4.78, 5) is 8.83. The minimum atomic E-state index is 0.386. The Balaban J connectivity index is 1.67. The van der Waals surface area contributed by atoms with Gasteiger partial charge in [0.1, 0.15) is 5.69 Å². The molecule has 112 valence electrons. The van der Waals surface area contributed by atoms with Gasteiger partial charge in [-0.1, -0.05) is 12.1 Å². The van der Waals surface area contributed by atoms with Gasteiger partial charge in [0.25, 0.3) is 0 Å². The van der Waals surface area contributed by atoms with Crippen LogP contribution in [0.5, 0.6) is 0 Å². The molecule has 0 unspecified atom stereocenters. The van der Waals surface area contributed by atoms with Crippen LogP contribution in [0, 0.1) is 0 Å². The molecule has 6 heteroatoms. The van der Waals surface area contributed by atoms with Crippen LogP contribution in [0.15, 0.2) is 27.3 Å². The van der Waals surface area contributed by atoms with E-state index in [0.717, 1.165) is 35.4 Å². The van der Waals surface area contributed by atoms with E-state index in [-0.39, 0.29) is 0 Å². The maximum absolute atomic E-state index is 5.45. The van der Waals surface area contributed by atoms with Gasteiger partial charge in [0, 0.05) is 22.6 Å². The molecule has 1 aliphatic rings. The average Bonchev–Trinajstić information content (AvgIpc) is 2.99. The van der Waals surface area contributed by atoms with E-state index in [1.54, 1.807) is 6.20 Å². The lowest BCUT2D eigenvalue weighted by Gasteiger charge is -2.26. The Morgan fingerprint density at radius 3 is 2.76 bits per heavy atom. The van der Waals surface area contributed by atoms with E-state index < -0.39 is 0 Å². The Bertz CT molecular complexity index is 576. The summed E-state index contributed by atoms with van der Waals surface area (Å²) in [5.41, 5.74) is 0.745. The Morgan fingerprint density at radius 1 is 1.29 bits per heavy atom. The fourth-order valence-corrected chi connectivity index (χ4v) is 3.08. The highest BCUT2D eigenvalue weighted by Gasteiger charge is 2.26. The maximum Gasteiger partial charge on any atom is 0.230 e. The van der Waals surface area contributed by atoms with Crippen LogP contribution in [0.3, 0.4) is 0 Å². The summed E-state index contributed by atoms with van der Waals surface area (Å²) < 4.78 is 6.39. The third-order valence-electron chi connectivity index (χ3n) is 3.97. The first kappa shape index (κ1) is 14.7. The molecule has 2 aromatic heterocycles. The molecule has 5 nitrogen and oxygen atoms in total. The van der Waals surface area contributed by atoms with Gasteiger partial charge < -0.3 is 9.84 Å². The van der Waals surface area contributed by atoms with Crippen molar-refractivity contribution in [2.75, 3.05) is 6.54 Å². The largest absolute Gasteiger partial charge is 0.339 e. The van der Waals surface area contributed by atoms with Gasteiger partial charge in [0.05, 0.1) is 0 Å². The first-order chi connectivity index (χ1) is 10.3. The summed E-state index contributed by atoms with van der Waals surface area (Å²) in [7, 11) is 0. The number of hydrogen-bond donors (Lipinski definition) is 1. The lowest BCUT2D eigenvalue weighted by molar-refractivity contribution is 0.284. The number of pyridine rings is 1. The van der Waals surface area contributed by atoms with Gasteiger partial charge in [0.2, 0.25) is 11.7 Å². The van der Waals surface area contributed by atoms with Gasteiger partial charge in [-0.2, -0.15) is 4.98 Å². The lowest BCUT2D eigenvalue weighted by atomic mass is 9.86. The van der Waals surface area contributed by atoms with Crippen LogP contribution < -0.4 is 5.32 Å².